The standard InChI is InChI=1S/C32H34N8O4/c33-29(34)20-1-8-24(9-2-20)41-16-19(17-42-25-10-3-21(4-11-25)30(35)36)18-43-27-14-7-23(32(39)40)15-28(27)44-26-12-5-22(6-13-26)31(37)38/h1-15,19H,16-18H2,(H3,33,34)(H3,35,36)(H3,37,38)(H3,39,40). The summed E-state index contributed by atoms with van der Waals surface area (Å²) in [5.41, 5.74) is 24.6. The second-order valence-electron chi connectivity index (χ2n) is 9.79. The van der Waals surface area contributed by atoms with Crippen molar-refractivity contribution in [2.75, 3.05) is 19.8 Å². The van der Waals surface area contributed by atoms with Crippen LogP contribution >= 0.6 is 0 Å². The Labute approximate surface area is 254 Å². The van der Waals surface area contributed by atoms with Crippen molar-refractivity contribution >= 4 is 23.3 Å². The zero-order valence-corrected chi connectivity index (χ0v) is 23.8. The minimum absolute atomic E-state index is 0.0318. The molecule has 0 heterocycles. The normalized spacial score (nSPS) is 11.2. The molecule has 44 heavy (non-hydrogen) atoms. The molecule has 4 aromatic rings. The first kappa shape index (κ1) is 30.9. The topological polar surface area (TPSA) is 236 Å². The third kappa shape index (κ3) is 8.49. The fourth-order valence-corrected chi connectivity index (χ4v) is 3.95. The summed E-state index contributed by atoms with van der Waals surface area (Å²) in [4.78, 5) is 0. The van der Waals surface area contributed by atoms with Gasteiger partial charge in [-0.15, -0.1) is 0 Å². The highest BCUT2D eigenvalue weighted by Crippen LogP contribution is 2.33. The van der Waals surface area contributed by atoms with Gasteiger partial charge in [-0.2, -0.15) is 0 Å². The van der Waals surface area contributed by atoms with Crippen molar-refractivity contribution in [3.05, 3.63) is 113 Å². The van der Waals surface area contributed by atoms with Crippen LogP contribution in [0.4, 0.5) is 0 Å². The van der Waals surface area contributed by atoms with Crippen LogP contribution in [0.3, 0.4) is 0 Å². The van der Waals surface area contributed by atoms with Crippen LogP contribution in [0, 0.1) is 27.6 Å². The van der Waals surface area contributed by atoms with Crippen LogP contribution in [-0.4, -0.2) is 43.2 Å². The lowest BCUT2D eigenvalue weighted by atomic mass is 10.1. The minimum Gasteiger partial charge on any atom is -0.493 e. The summed E-state index contributed by atoms with van der Waals surface area (Å²) in [7, 11) is 0. The minimum atomic E-state index is -0.259. The number of benzene rings is 4. The smallest absolute Gasteiger partial charge is 0.170 e. The zero-order valence-electron chi connectivity index (χ0n) is 23.8. The van der Waals surface area contributed by atoms with Crippen LogP contribution in [0.5, 0.6) is 28.7 Å². The van der Waals surface area contributed by atoms with Gasteiger partial charge in [0.25, 0.3) is 0 Å². The van der Waals surface area contributed by atoms with Crippen LogP contribution in [0.15, 0.2) is 91.0 Å². The molecule has 0 bridgehead atoms. The summed E-state index contributed by atoms with van der Waals surface area (Å²) in [5, 5.41) is 30.6. The predicted octanol–water partition coefficient (Wildman–Crippen LogP) is 3.77. The number of nitrogen functional groups attached to an aromatic ring is 4. The molecule has 0 fully saturated rings. The van der Waals surface area contributed by atoms with Crippen molar-refractivity contribution in [3.8, 4) is 28.7 Å². The summed E-state index contributed by atoms with van der Waals surface area (Å²) in [6.45, 7) is 0.647. The van der Waals surface area contributed by atoms with Gasteiger partial charge >= 0.3 is 0 Å². The Morgan fingerprint density at radius 1 is 0.455 bits per heavy atom. The Balaban J connectivity index is 1.51. The highest BCUT2D eigenvalue weighted by Gasteiger charge is 2.17. The Morgan fingerprint density at radius 3 is 1.23 bits per heavy atom. The fourth-order valence-electron chi connectivity index (χ4n) is 3.95. The lowest BCUT2D eigenvalue weighted by Gasteiger charge is -2.21. The number of hydrogen-bond donors (Lipinski definition) is 8. The van der Waals surface area contributed by atoms with E-state index in [1.807, 2.05) is 0 Å². The van der Waals surface area contributed by atoms with Crippen molar-refractivity contribution in [1.82, 2.24) is 0 Å². The number of ether oxygens (including phenoxy) is 4. The number of amidine groups is 4. The van der Waals surface area contributed by atoms with Gasteiger partial charge in [0.2, 0.25) is 0 Å². The Bertz CT molecular complexity index is 1580. The van der Waals surface area contributed by atoms with E-state index in [1.54, 1.807) is 91.0 Å². The summed E-state index contributed by atoms with van der Waals surface area (Å²) in [6, 6.07) is 25.4. The molecule has 0 unspecified atom stereocenters. The molecule has 4 rings (SSSR count). The average Bonchev–Trinajstić information content (AvgIpc) is 3.01. The molecule has 0 spiro atoms. The molecule has 0 aliphatic carbocycles. The molecule has 0 saturated heterocycles. The van der Waals surface area contributed by atoms with E-state index < -0.39 is 0 Å². The molecule has 0 aliphatic heterocycles. The maximum absolute atomic E-state index is 7.85. The highest BCUT2D eigenvalue weighted by molar-refractivity contribution is 5.96. The van der Waals surface area contributed by atoms with Gasteiger partial charge in [-0.05, 0) is 91.0 Å². The molecule has 0 radical (unpaired) electrons. The van der Waals surface area contributed by atoms with Gasteiger partial charge in [0.1, 0.15) is 40.6 Å². The quantitative estimate of drug-likeness (QED) is 0.0743. The first-order chi connectivity index (χ1) is 21.1. The molecule has 0 amide bonds. The van der Waals surface area contributed by atoms with E-state index in [4.69, 9.17) is 63.5 Å². The Kier molecular flexibility index (Phi) is 9.99. The summed E-state index contributed by atoms with van der Waals surface area (Å²) in [6.07, 6.45) is 0. The molecule has 12 nitrogen and oxygen atoms in total. The number of rotatable bonds is 15. The molecule has 0 saturated carbocycles. The van der Waals surface area contributed by atoms with Gasteiger partial charge in [0.15, 0.2) is 11.5 Å². The Morgan fingerprint density at radius 2 is 0.818 bits per heavy atom. The number of nitrogens with one attached hydrogen (secondary N) is 4. The SMILES string of the molecule is N=C(N)c1ccc(OCC(COc2ccc(C(=N)N)cc2)COc2ccc(C(=N)N)cc2Oc2ccc(C(=N)N)cc2)cc1. The van der Waals surface area contributed by atoms with Crippen LogP contribution in [0.1, 0.15) is 22.3 Å². The first-order valence-corrected chi connectivity index (χ1v) is 13.5. The molecule has 0 aliphatic rings. The summed E-state index contributed by atoms with van der Waals surface area (Å²) < 4.78 is 24.3. The predicted molar refractivity (Wildman–Crippen MR) is 170 cm³/mol. The lowest BCUT2D eigenvalue weighted by molar-refractivity contribution is 0.124. The van der Waals surface area contributed by atoms with E-state index in [-0.39, 0.29) is 49.1 Å². The number of hydrogen-bond acceptors (Lipinski definition) is 8. The van der Waals surface area contributed by atoms with E-state index in [2.05, 4.69) is 0 Å². The van der Waals surface area contributed by atoms with E-state index in [9.17, 15) is 0 Å². The van der Waals surface area contributed by atoms with E-state index in [0.29, 0.717) is 51.0 Å². The molecule has 0 aromatic heterocycles. The molecular formula is C32H34N8O4. The maximum atomic E-state index is 7.85. The first-order valence-electron chi connectivity index (χ1n) is 13.5. The van der Waals surface area contributed by atoms with E-state index >= 15 is 0 Å². The van der Waals surface area contributed by atoms with Gasteiger partial charge in [0, 0.05) is 22.3 Å². The fraction of sp³-hybridized carbons (Fsp3) is 0.125. The highest BCUT2D eigenvalue weighted by atomic mass is 16.5. The molecular weight excluding hydrogens is 560 g/mol. The summed E-state index contributed by atoms with van der Waals surface area (Å²) >= 11 is 0. The van der Waals surface area contributed by atoms with E-state index in [0.717, 1.165) is 0 Å². The van der Waals surface area contributed by atoms with Gasteiger partial charge in [-0.1, -0.05) is 0 Å². The van der Waals surface area contributed by atoms with Crippen molar-refractivity contribution in [2.24, 2.45) is 28.9 Å². The Hall–Kier alpha value is -6.04. The summed E-state index contributed by atoms with van der Waals surface area (Å²) in [5.74, 6) is 1.91. The largest absolute Gasteiger partial charge is 0.493 e. The van der Waals surface area contributed by atoms with Crippen LogP contribution in [0.2, 0.25) is 0 Å². The van der Waals surface area contributed by atoms with Gasteiger partial charge in [-0.25, -0.2) is 0 Å². The average molecular weight is 595 g/mol. The molecule has 4 aromatic carbocycles. The molecule has 12 heteroatoms. The third-order valence-electron chi connectivity index (χ3n) is 6.42. The van der Waals surface area contributed by atoms with Crippen LogP contribution in [0.25, 0.3) is 0 Å². The van der Waals surface area contributed by atoms with E-state index in [1.165, 1.54) is 0 Å². The lowest BCUT2D eigenvalue weighted by Crippen LogP contribution is -2.26. The van der Waals surface area contributed by atoms with Crippen molar-refractivity contribution < 1.29 is 18.9 Å². The molecule has 12 N–H and O–H groups in total. The molecule has 0 atom stereocenters. The van der Waals surface area contributed by atoms with Gasteiger partial charge < -0.3 is 41.9 Å². The van der Waals surface area contributed by atoms with Crippen molar-refractivity contribution in [3.63, 3.8) is 0 Å². The molecule has 226 valence electrons. The third-order valence-corrected chi connectivity index (χ3v) is 6.42. The van der Waals surface area contributed by atoms with Crippen LogP contribution in [-0.2, 0) is 0 Å². The maximum Gasteiger partial charge on any atom is 0.170 e. The zero-order chi connectivity index (χ0) is 31.6. The number of nitrogens with two attached hydrogens (primary N) is 4. The van der Waals surface area contributed by atoms with Gasteiger partial charge in [0.05, 0.1) is 25.7 Å². The second-order valence-corrected chi connectivity index (χ2v) is 9.79. The van der Waals surface area contributed by atoms with Crippen LogP contribution < -0.4 is 41.9 Å². The second kappa shape index (κ2) is 14.2. The monoisotopic (exact) mass is 594 g/mol. The van der Waals surface area contributed by atoms with Crippen molar-refractivity contribution in [1.29, 1.82) is 21.6 Å². The van der Waals surface area contributed by atoms with Crippen molar-refractivity contribution in [2.45, 2.75) is 0 Å². The van der Waals surface area contributed by atoms with Gasteiger partial charge in [-0.3, -0.25) is 21.6 Å².